The van der Waals surface area contributed by atoms with Crippen molar-refractivity contribution in [3.05, 3.63) is 0 Å². The summed E-state index contributed by atoms with van der Waals surface area (Å²) in [5.74, 6) is 4.04. The molecule has 2 nitrogen and oxygen atoms in total. The van der Waals surface area contributed by atoms with Crippen molar-refractivity contribution in [2.75, 3.05) is 24.4 Å². The van der Waals surface area contributed by atoms with Crippen molar-refractivity contribution < 1.29 is 53.9 Å². The Morgan fingerprint density at radius 3 is 2.28 bits per heavy atom. The molecule has 3 unspecified atom stereocenters. The van der Waals surface area contributed by atoms with Crippen molar-refractivity contribution in [3.63, 3.8) is 0 Å². The van der Waals surface area contributed by atoms with Crippen molar-refractivity contribution in [1.29, 1.82) is 0 Å². The Labute approximate surface area is 156 Å². The van der Waals surface area contributed by atoms with Gasteiger partial charge in [-0.3, -0.25) is 0 Å². The number of aliphatic hydroxyl groups excluding tert-OH is 1. The molecule has 0 aromatic heterocycles. The van der Waals surface area contributed by atoms with Crippen LogP contribution in [0, 0.1) is 61.8 Å². The Kier molecular flexibility index (Phi) is 12.0. The maximum Gasteiger partial charge on any atom is 0.106 e. The van der Waals surface area contributed by atoms with Crippen LogP contribution in [-0.4, -0.2) is 41.0 Å². The van der Waals surface area contributed by atoms with Crippen LogP contribution in [0.5, 0.6) is 0 Å². The second kappa shape index (κ2) is 10.7. The van der Waals surface area contributed by atoms with E-state index < -0.39 is 0 Å². The first-order chi connectivity index (χ1) is 8.11. The van der Waals surface area contributed by atoms with Gasteiger partial charge < -0.3 is 9.84 Å². The SMILES string of the molecule is CSCCCS[C@@H]1OC(CO)[C@H](C)C(C)C1C.[Ac]. The summed E-state index contributed by atoms with van der Waals surface area (Å²) in [4.78, 5) is 0. The third-order valence-electron chi connectivity index (χ3n) is 3.94. The molecule has 0 saturated carbocycles. The molecule has 0 aromatic rings. The molecule has 0 aliphatic carbocycles. The van der Waals surface area contributed by atoms with Crippen LogP contribution < -0.4 is 0 Å². The van der Waals surface area contributed by atoms with Crippen LogP contribution in [0.1, 0.15) is 27.2 Å². The van der Waals surface area contributed by atoms with Crippen LogP contribution in [-0.2, 0) is 4.74 Å². The maximum absolute atomic E-state index is 9.36. The number of rotatable bonds is 6. The molecule has 0 aromatic carbocycles. The normalized spacial score (nSPS) is 36.2. The van der Waals surface area contributed by atoms with Crippen LogP contribution in [0.3, 0.4) is 0 Å². The minimum atomic E-state index is 0. The third kappa shape index (κ3) is 5.82. The molecule has 1 N–H and O–H groups in total. The van der Waals surface area contributed by atoms with Gasteiger partial charge in [0.15, 0.2) is 0 Å². The number of hydrogen-bond acceptors (Lipinski definition) is 4. The van der Waals surface area contributed by atoms with E-state index in [1.165, 1.54) is 12.2 Å². The van der Waals surface area contributed by atoms with Gasteiger partial charge >= 0.3 is 0 Å². The predicted octanol–water partition coefficient (Wildman–Crippen LogP) is 3.10. The van der Waals surface area contributed by atoms with Crippen LogP contribution in [0.15, 0.2) is 0 Å². The van der Waals surface area contributed by atoms with E-state index in [4.69, 9.17) is 4.74 Å². The Morgan fingerprint density at radius 1 is 1.06 bits per heavy atom. The molecule has 18 heavy (non-hydrogen) atoms. The standard InChI is InChI=1S/C13H26O2S2.Ac/c1-9-10(2)12(8-14)15-13(11(9)3)17-7-5-6-16-4;/h9-14H,5-8H2,1-4H3;/t9?,10-,11?,12?,13+;/m1./s1. The fourth-order valence-corrected chi connectivity index (χ4v) is 4.22. The van der Waals surface area contributed by atoms with Gasteiger partial charge in [-0.25, -0.2) is 0 Å². The van der Waals surface area contributed by atoms with E-state index in [9.17, 15) is 5.11 Å². The molecule has 105 valence electrons. The average Bonchev–Trinajstić information content (AvgIpc) is 2.34. The second-order valence-electron chi connectivity index (χ2n) is 5.02. The first-order valence-corrected chi connectivity index (χ1v) is 8.93. The van der Waals surface area contributed by atoms with Crippen molar-refractivity contribution in [3.8, 4) is 0 Å². The van der Waals surface area contributed by atoms with E-state index in [1.54, 1.807) is 0 Å². The zero-order valence-electron chi connectivity index (χ0n) is 12.0. The summed E-state index contributed by atoms with van der Waals surface area (Å²) in [6, 6.07) is 0. The largest absolute Gasteiger partial charge is 0.394 e. The fourth-order valence-electron chi connectivity index (χ4n) is 2.29. The van der Waals surface area contributed by atoms with Crippen molar-refractivity contribution in [1.82, 2.24) is 0 Å². The van der Waals surface area contributed by atoms with Crippen LogP contribution in [0.2, 0.25) is 0 Å². The van der Waals surface area contributed by atoms with Gasteiger partial charge in [-0.1, -0.05) is 20.8 Å². The Balaban J connectivity index is 0.00000289. The molecule has 1 aliphatic heterocycles. The molecular formula is C13H26AcO2S2. The minimum Gasteiger partial charge on any atom is -0.394 e. The predicted molar refractivity (Wildman–Crippen MR) is 78.7 cm³/mol. The fraction of sp³-hybridized carbons (Fsp3) is 1.00. The second-order valence-corrected chi connectivity index (χ2v) is 7.21. The first-order valence-electron chi connectivity index (χ1n) is 6.48. The van der Waals surface area contributed by atoms with Gasteiger partial charge in [0.1, 0.15) is 5.44 Å². The summed E-state index contributed by atoms with van der Waals surface area (Å²) in [6.07, 6.45) is 3.42. The summed E-state index contributed by atoms with van der Waals surface area (Å²) >= 11 is 3.82. The van der Waals surface area contributed by atoms with Gasteiger partial charge in [0.25, 0.3) is 0 Å². The van der Waals surface area contributed by atoms with Gasteiger partial charge in [0.05, 0.1) is 12.7 Å². The molecule has 0 spiro atoms. The number of thioether (sulfide) groups is 2. The average molecular weight is 505 g/mol. The molecule has 1 saturated heterocycles. The summed E-state index contributed by atoms with van der Waals surface area (Å²) in [5, 5.41) is 9.36. The zero-order valence-corrected chi connectivity index (χ0v) is 18.3. The Hall–Kier alpha value is 2.06. The number of hydrogen-bond donors (Lipinski definition) is 1. The molecule has 1 radical (unpaired) electrons. The molecule has 5 heteroatoms. The molecular weight excluding hydrogens is 479 g/mol. The summed E-state index contributed by atoms with van der Waals surface area (Å²) < 4.78 is 6.02. The summed E-state index contributed by atoms with van der Waals surface area (Å²) in [7, 11) is 0. The van der Waals surface area contributed by atoms with Gasteiger partial charge in [0.2, 0.25) is 0 Å². The van der Waals surface area contributed by atoms with E-state index in [-0.39, 0.29) is 62.2 Å². The minimum absolute atomic E-state index is 0. The molecule has 5 atom stereocenters. The molecule has 1 aliphatic rings. The van der Waals surface area contributed by atoms with Crippen LogP contribution in [0.25, 0.3) is 0 Å². The van der Waals surface area contributed by atoms with Gasteiger partial charge in [-0.2, -0.15) is 11.8 Å². The molecule has 1 heterocycles. The molecule has 0 amide bonds. The van der Waals surface area contributed by atoms with E-state index in [2.05, 4.69) is 27.0 Å². The van der Waals surface area contributed by atoms with Crippen molar-refractivity contribution >= 4 is 23.5 Å². The first kappa shape index (κ1) is 20.1. The summed E-state index contributed by atoms with van der Waals surface area (Å²) in [6.45, 7) is 6.91. The zero-order chi connectivity index (χ0) is 12.8. The van der Waals surface area contributed by atoms with E-state index >= 15 is 0 Å². The number of ether oxygens (including phenoxy) is 1. The third-order valence-corrected chi connectivity index (χ3v) is 6.03. The van der Waals surface area contributed by atoms with E-state index in [0.717, 1.165) is 5.75 Å². The van der Waals surface area contributed by atoms with Gasteiger partial charge in [-0.15, -0.1) is 11.8 Å². The molecule has 1 rings (SSSR count). The van der Waals surface area contributed by atoms with E-state index in [1.807, 2.05) is 23.5 Å². The molecule has 1 fully saturated rings. The van der Waals surface area contributed by atoms with Gasteiger partial charge in [-0.05, 0) is 41.9 Å². The maximum atomic E-state index is 9.36. The topological polar surface area (TPSA) is 29.5 Å². The van der Waals surface area contributed by atoms with Crippen molar-refractivity contribution in [2.24, 2.45) is 17.8 Å². The monoisotopic (exact) mass is 505 g/mol. The van der Waals surface area contributed by atoms with Crippen LogP contribution in [0.4, 0.5) is 0 Å². The van der Waals surface area contributed by atoms with Crippen LogP contribution >= 0.6 is 23.5 Å². The smallest absolute Gasteiger partial charge is 0.106 e. The number of aliphatic hydroxyl groups is 1. The van der Waals surface area contributed by atoms with Gasteiger partial charge in [0, 0.05) is 44.1 Å². The van der Waals surface area contributed by atoms with E-state index in [0.29, 0.717) is 17.8 Å². The Morgan fingerprint density at radius 2 is 1.72 bits per heavy atom. The molecule has 0 bridgehead atoms. The van der Waals surface area contributed by atoms with Crippen molar-refractivity contribution in [2.45, 2.75) is 38.7 Å². The Bertz CT molecular complexity index is 217. The quantitative estimate of drug-likeness (QED) is 0.562. The summed E-state index contributed by atoms with van der Waals surface area (Å²) in [5.41, 5.74) is 0.264.